The topological polar surface area (TPSA) is 149 Å². The maximum Gasteiger partial charge on any atom is 0.312 e. The third kappa shape index (κ3) is 7.00. The van der Waals surface area contributed by atoms with Gasteiger partial charge in [-0.3, -0.25) is 24.3 Å². The van der Waals surface area contributed by atoms with Gasteiger partial charge in [0.05, 0.1) is 17.2 Å². The fourth-order valence-electron chi connectivity index (χ4n) is 5.03. The number of H-pyrrole nitrogens is 1. The number of nitrogens with zero attached hydrogens (tertiary/aromatic N) is 4. The van der Waals surface area contributed by atoms with Crippen molar-refractivity contribution in [1.29, 1.82) is 0 Å². The molecule has 3 N–H and O–H groups in total. The molecule has 2 aliphatic rings. The molecule has 11 heteroatoms. The van der Waals surface area contributed by atoms with E-state index in [4.69, 9.17) is 4.74 Å². The van der Waals surface area contributed by atoms with Gasteiger partial charge >= 0.3 is 5.97 Å². The van der Waals surface area contributed by atoms with Crippen molar-refractivity contribution in [3.05, 3.63) is 58.3 Å². The van der Waals surface area contributed by atoms with Crippen molar-refractivity contribution >= 4 is 11.9 Å². The molecule has 2 aromatic heterocycles. The molecule has 2 aromatic rings. The third-order valence-corrected chi connectivity index (χ3v) is 7.40. The highest BCUT2D eigenvalue weighted by Crippen LogP contribution is 2.38. The van der Waals surface area contributed by atoms with Crippen molar-refractivity contribution in [2.24, 2.45) is 5.41 Å². The molecular formula is C26H35N5O6. The lowest BCUT2D eigenvalue weighted by Gasteiger charge is -2.40. The molecule has 0 aliphatic carbocycles. The molecule has 2 aliphatic heterocycles. The number of piperidine rings is 1. The Bertz CT molecular complexity index is 1080. The van der Waals surface area contributed by atoms with Crippen LogP contribution in [0, 0.1) is 5.41 Å². The van der Waals surface area contributed by atoms with Crippen LogP contribution in [0.1, 0.15) is 54.7 Å². The first-order valence-corrected chi connectivity index (χ1v) is 12.9. The SMILES string of the molecule is O=C(c1ccc(=O)[nH]n1)N1CCCCC2(CCN(Cc3ccccn3)CC2)C(=O)OC[C@@H](O)[C@@H](O)CC1. The Morgan fingerprint density at radius 1 is 1.03 bits per heavy atom. The quantitative estimate of drug-likeness (QED) is 0.505. The van der Waals surface area contributed by atoms with E-state index in [0.717, 1.165) is 18.8 Å². The number of ether oxygens (including phenoxy) is 1. The number of hydrogen-bond donors (Lipinski definition) is 3. The van der Waals surface area contributed by atoms with Gasteiger partial charge in [-0.25, -0.2) is 5.10 Å². The van der Waals surface area contributed by atoms with Gasteiger partial charge in [0.1, 0.15) is 18.4 Å². The summed E-state index contributed by atoms with van der Waals surface area (Å²) in [7, 11) is 0. The second kappa shape index (κ2) is 12.4. The number of amides is 1. The Hall–Kier alpha value is -3.15. The van der Waals surface area contributed by atoms with Gasteiger partial charge in [-0.1, -0.05) is 12.5 Å². The zero-order valence-electron chi connectivity index (χ0n) is 20.9. The average molecular weight is 514 g/mol. The van der Waals surface area contributed by atoms with Crippen LogP contribution in [0.2, 0.25) is 0 Å². The van der Waals surface area contributed by atoms with Gasteiger partial charge in [0.25, 0.3) is 11.5 Å². The number of aliphatic hydroxyl groups is 2. The normalized spacial score (nSPS) is 23.9. The van der Waals surface area contributed by atoms with Crippen molar-refractivity contribution in [3.8, 4) is 0 Å². The Labute approximate surface area is 215 Å². The number of pyridine rings is 1. The smallest absolute Gasteiger partial charge is 0.312 e. The number of likely N-dealkylation sites (tertiary alicyclic amines) is 1. The molecule has 2 saturated heterocycles. The van der Waals surface area contributed by atoms with Gasteiger partial charge in [-0.05, 0) is 63.4 Å². The van der Waals surface area contributed by atoms with E-state index < -0.39 is 23.2 Å². The van der Waals surface area contributed by atoms with E-state index in [1.807, 2.05) is 18.2 Å². The molecule has 2 atom stereocenters. The third-order valence-electron chi connectivity index (χ3n) is 7.40. The number of cyclic esters (lactones) is 1. The van der Waals surface area contributed by atoms with Gasteiger partial charge in [0.15, 0.2) is 0 Å². The Morgan fingerprint density at radius 2 is 1.84 bits per heavy atom. The molecule has 11 nitrogen and oxygen atoms in total. The predicted octanol–water partition coefficient (Wildman–Crippen LogP) is 0.729. The van der Waals surface area contributed by atoms with E-state index in [2.05, 4.69) is 20.1 Å². The van der Waals surface area contributed by atoms with Gasteiger partial charge in [0.2, 0.25) is 0 Å². The van der Waals surface area contributed by atoms with Crippen LogP contribution in [0.15, 0.2) is 41.3 Å². The lowest BCUT2D eigenvalue weighted by atomic mass is 9.74. The summed E-state index contributed by atoms with van der Waals surface area (Å²) in [6.07, 6.45) is 2.70. The van der Waals surface area contributed by atoms with Crippen LogP contribution in [-0.2, 0) is 16.1 Å². The standard InChI is InChI=1S/C26H35N5O6/c32-21-8-14-31(24(35)20-6-7-23(34)29-28-20)13-4-2-9-26(25(36)37-18-22(21)33)10-15-30(16-11-26)17-19-5-1-3-12-27-19/h1,3,5-7,12,21-22,32-33H,2,4,8-11,13-18H2,(H,29,34)/t21-,22+/m0/s1. The summed E-state index contributed by atoms with van der Waals surface area (Å²) in [6.45, 7) is 2.46. The molecule has 0 radical (unpaired) electrons. The number of aliphatic hydroxyl groups excluding tert-OH is 2. The fraction of sp³-hybridized carbons (Fsp3) is 0.577. The van der Waals surface area contributed by atoms with E-state index in [1.165, 1.54) is 12.1 Å². The van der Waals surface area contributed by atoms with Gasteiger partial charge in [0, 0.05) is 31.9 Å². The first-order chi connectivity index (χ1) is 17.9. The molecular weight excluding hydrogens is 478 g/mol. The number of esters is 1. The summed E-state index contributed by atoms with van der Waals surface area (Å²) in [5, 5.41) is 27.0. The molecule has 0 bridgehead atoms. The summed E-state index contributed by atoms with van der Waals surface area (Å²) >= 11 is 0. The Balaban J connectivity index is 1.43. The van der Waals surface area contributed by atoms with Crippen LogP contribution in [0.25, 0.3) is 0 Å². The second-order valence-electron chi connectivity index (χ2n) is 9.96. The molecule has 4 rings (SSSR count). The van der Waals surface area contributed by atoms with E-state index in [-0.39, 0.29) is 37.1 Å². The molecule has 0 unspecified atom stereocenters. The van der Waals surface area contributed by atoms with Crippen molar-refractivity contribution in [1.82, 2.24) is 25.0 Å². The molecule has 2 fully saturated rings. The van der Waals surface area contributed by atoms with Crippen molar-refractivity contribution in [2.45, 2.75) is 57.3 Å². The number of carbonyl (C=O) groups excluding carboxylic acids is 2. The number of aromatic nitrogens is 3. The second-order valence-corrected chi connectivity index (χ2v) is 9.96. The van der Waals surface area contributed by atoms with Gasteiger partial charge in [-0.15, -0.1) is 0 Å². The van der Waals surface area contributed by atoms with Crippen LogP contribution < -0.4 is 5.56 Å². The summed E-state index contributed by atoms with van der Waals surface area (Å²) in [5.41, 5.74) is 0.0133. The molecule has 0 aromatic carbocycles. The minimum Gasteiger partial charge on any atom is -0.462 e. The Morgan fingerprint density at radius 3 is 2.54 bits per heavy atom. The van der Waals surface area contributed by atoms with Gasteiger partial charge in [-0.2, -0.15) is 5.10 Å². The molecule has 4 heterocycles. The molecule has 37 heavy (non-hydrogen) atoms. The summed E-state index contributed by atoms with van der Waals surface area (Å²) in [6, 6.07) is 8.44. The van der Waals surface area contributed by atoms with E-state index >= 15 is 0 Å². The molecule has 200 valence electrons. The van der Waals surface area contributed by atoms with Crippen molar-refractivity contribution < 1.29 is 24.5 Å². The maximum atomic E-state index is 13.2. The zero-order valence-corrected chi connectivity index (χ0v) is 20.9. The maximum absolute atomic E-state index is 13.2. The van der Waals surface area contributed by atoms with Crippen LogP contribution in [0.5, 0.6) is 0 Å². The van der Waals surface area contributed by atoms with Crippen molar-refractivity contribution in [2.75, 3.05) is 32.8 Å². The minimum absolute atomic E-state index is 0.106. The van der Waals surface area contributed by atoms with E-state index in [1.54, 1.807) is 11.1 Å². The summed E-state index contributed by atoms with van der Waals surface area (Å²) in [5.74, 6) is -0.696. The van der Waals surface area contributed by atoms with Crippen LogP contribution >= 0.6 is 0 Å². The summed E-state index contributed by atoms with van der Waals surface area (Å²) < 4.78 is 5.54. The minimum atomic E-state index is -1.26. The molecule has 1 spiro atoms. The molecule has 0 saturated carbocycles. The zero-order chi connectivity index (χ0) is 26.3. The van der Waals surface area contributed by atoms with E-state index in [9.17, 15) is 24.6 Å². The number of hydrogen-bond acceptors (Lipinski definition) is 9. The highest BCUT2D eigenvalue weighted by molar-refractivity contribution is 5.92. The lowest BCUT2D eigenvalue weighted by molar-refractivity contribution is -0.165. The summed E-state index contributed by atoms with van der Waals surface area (Å²) in [4.78, 5) is 45.8. The van der Waals surface area contributed by atoms with Crippen LogP contribution in [-0.4, -0.2) is 92.1 Å². The number of nitrogens with one attached hydrogen (secondary N) is 1. The molecule has 1 amide bonds. The van der Waals surface area contributed by atoms with Crippen LogP contribution in [0.3, 0.4) is 0 Å². The first kappa shape index (κ1) is 26.9. The largest absolute Gasteiger partial charge is 0.462 e. The van der Waals surface area contributed by atoms with Crippen molar-refractivity contribution in [3.63, 3.8) is 0 Å². The van der Waals surface area contributed by atoms with Crippen LogP contribution in [0.4, 0.5) is 0 Å². The Kier molecular flexibility index (Phi) is 9.01. The number of rotatable bonds is 3. The highest BCUT2D eigenvalue weighted by atomic mass is 16.5. The number of aromatic amines is 1. The van der Waals surface area contributed by atoms with Gasteiger partial charge < -0.3 is 19.8 Å². The van der Waals surface area contributed by atoms with E-state index in [0.29, 0.717) is 45.2 Å². The predicted molar refractivity (Wildman–Crippen MR) is 133 cm³/mol. The lowest BCUT2D eigenvalue weighted by Crippen LogP contribution is -2.46. The highest BCUT2D eigenvalue weighted by Gasteiger charge is 2.42. The first-order valence-electron chi connectivity index (χ1n) is 12.9. The average Bonchev–Trinajstić information content (AvgIpc) is 2.92. The monoisotopic (exact) mass is 513 g/mol. The fourth-order valence-corrected chi connectivity index (χ4v) is 5.03. The number of carbonyl (C=O) groups is 2.